The minimum atomic E-state index is -1.05. The third kappa shape index (κ3) is 3.29. The molecule has 2 aliphatic carbocycles. The molecule has 0 saturated heterocycles. The van der Waals surface area contributed by atoms with E-state index in [-0.39, 0.29) is 23.8 Å². The molecule has 1 aliphatic heterocycles. The van der Waals surface area contributed by atoms with Gasteiger partial charge in [-0.05, 0) is 44.9 Å². The zero-order valence-electron chi connectivity index (χ0n) is 18.8. The molecule has 1 unspecified atom stereocenters. The van der Waals surface area contributed by atoms with Crippen LogP contribution in [0.3, 0.4) is 0 Å². The number of nitrogens with zero attached hydrogens (tertiary/aromatic N) is 2. The summed E-state index contributed by atoms with van der Waals surface area (Å²) in [4.78, 5) is 28.5. The van der Waals surface area contributed by atoms with E-state index in [1.165, 1.54) is 6.07 Å². The number of hydrogen-bond acceptors (Lipinski definition) is 3. The number of halogens is 2. The van der Waals surface area contributed by atoms with Crippen LogP contribution in [0.1, 0.15) is 66.0 Å². The predicted molar refractivity (Wildman–Crippen MR) is 122 cm³/mol. The second kappa shape index (κ2) is 7.76. The molecule has 3 aliphatic rings. The number of nitrogens with two attached hydrogens (primary N) is 1. The van der Waals surface area contributed by atoms with Gasteiger partial charge < -0.3 is 5.73 Å². The van der Waals surface area contributed by atoms with Crippen LogP contribution in [-0.4, -0.2) is 33.4 Å². The molecule has 33 heavy (non-hydrogen) atoms. The Bertz CT molecular complexity index is 1220. The number of fused-ring (bicyclic) bond motifs is 3. The van der Waals surface area contributed by atoms with Gasteiger partial charge in [0.25, 0.3) is 0 Å². The van der Waals surface area contributed by atoms with E-state index in [1.54, 1.807) is 4.57 Å². The maximum atomic E-state index is 14.0. The Hall–Kier alpha value is -3.06. The molecular weight excluding hydrogens is 424 g/mol. The quantitative estimate of drug-likeness (QED) is 0.687. The zero-order chi connectivity index (χ0) is 23.5. The largest absolute Gasteiger partial charge is 0.351 e. The Morgan fingerprint density at radius 2 is 1.85 bits per heavy atom. The van der Waals surface area contributed by atoms with E-state index in [1.807, 2.05) is 24.3 Å². The number of amides is 1. The van der Waals surface area contributed by atoms with E-state index in [9.17, 15) is 18.4 Å². The van der Waals surface area contributed by atoms with Crippen molar-refractivity contribution in [2.45, 2.75) is 63.6 Å². The highest BCUT2D eigenvalue weighted by Gasteiger charge is 2.50. The Morgan fingerprint density at radius 3 is 2.48 bits per heavy atom. The first-order valence-corrected chi connectivity index (χ1v) is 11.4. The summed E-state index contributed by atoms with van der Waals surface area (Å²) in [7, 11) is 0. The minimum Gasteiger partial charge on any atom is -0.351 e. The lowest BCUT2D eigenvalue weighted by Crippen LogP contribution is -2.61. The van der Waals surface area contributed by atoms with Crippen molar-refractivity contribution in [1.29, 1.82) is 0 Å². The van der Waals surface area contributed by atoms with Gasteiger partial charge in [-0.1, -0.05) is 30.7 Å². The van der Waals surface area contributed by atoms with Crippen LogP contribution in [0.15, 0.2) is 36.4 Å². The van der Waals surface area contributed by atoms with E-state index in [0.717, 1.165) is 53.9 Å². The van der Waals surface area contributed by atoms with Crippen LogP contribution in [-0.2, 0) is 18.4 Å². The lowest BCUT2D eigenvalue weighted by atomic mass is 9.75. The Labute approximate surface area is 191 Å². The molecule has 2 aromatic rings. The molecule has 1 aromatic heterocycles. The molecule has 5 nitrogen and oxygen atoms in total. The van der Waals surface area contributed by atoms with Gasteiger partial charge in [0.1, 0.15) is 0 Å². The average Bonchev–Trinajstić information content (AvgIpc) is 2.86. The Balaban J connectivity index is 1.70. The van der Waals surface area contributed by atoms with Crippen LogP contribution in [0.25, 0.3) is 6.08 Å². The van der Waals surface area contributed by atoms with E-state index in [2.05, 4.69) is 18.7 Å². The standard InChI is InChI=1S/C26H27F2N3O2/c1-26(2)23-17-9-4-3-5-10-20(17)30(25(29)33)21(23)14-22(31(26)16-7-6-8-16)24(32)15-11-12-18(27)19(28)13-15/h3-5,9,11-13,16,22H,6-8,10,14H2,1-2H3,(H2,29,33). The van der Waals surface area contributed by atoms with Crippen molar-refractivity contribution in [2.24, 2.45) is 5.73 Å². The molecule has 1 atom stereocenters. The maximum absolute atomic E-state index is 14.0. The number of primary amides is 1. The molecule has 0 radical (unpaired) electrons. The monoisotopic (exact) mass is 451 g/mol. The first kappa shape index (κ1) is 21.8. The SMILES string of the molecule is CC1(C)c2c3c(n(C(N)=O)c2CC(C(=O)c2ccc(F)c(F)c2)N1C1CCC1)CC=CC=C3. The van der Waals surface area contributed by atoms with Crippen LogP contribution in [0.4, 0.5) is 13.6 Å². The molecule has 1 saturated carbocycles. The molecule has 5 rings (SSSR count). The molecule has 2 heterocycles. The lowest BCUT2D eigenvalue weighted by Gasteiger charge is -2.54. The maximum Gasteiger partial charge on any atom is 0.323 e. The van der Waals surface area contributed by atoms with Crippen molar-refractivity contribution in [3.63, 3.8) is 0 Å². The highest BCUT2D eigenvalue weighted by molar-refractivity contribution is 6.01. The number of carbonyl (C=O) groups excluding carboxylic acids is 2. The zero-order valence-corrected chi connectivity index (χ0v) is 18.8. The van der Waals surface area contributed by atoms with Gasteiger partial charge in [-0.3, -0.25) is 14.3 Å². The van der Waals surface area contributed by atoms with E-state index in [0.29, 0.717) is 6.42 Å². The van der Waals surface area contributed by atoms with Crippen molar-refractivity contribution in [3.8, 4) is 0 Å². The molecular formula is C26H27F2N3O2. The second-order valence-corrected chi connectivity index (χ2v) is 9.61. The summed E-state index contributed by atoms with van der Waals surface area (Å²) in [6.07, 6.45) is 11.8. The normalized spacial score (nSPS) is 21.8. The van der Waals surface area contributed by atoms with E-state index >= 15 is 0 Å². The molecule has 2 N–H and O–H groups in total. The second-order valence-electron chi connectivity index (χ2n) is 9.61. The van der Waals surface area contributed by atoms with Crippen molar-refractivity contribution in [3.05, 3.63) is 76.1 Å². The number of benzene rings is 1. The van der Waals surface area contributed by atoms with Crippen LogP contribution >= 0.6 is 0 Å². The van der Waals surface area contributed by atoms with Crippen LogP contribution in [0, 0.1) is 11.6 Å². The van der Waals surface area contributed by atoms with Gasteiger partial charge >= 0.3 is 6.03 Å². The molecule has 172 valence electrons. The topological polar surface area (TPSA) is 68.3 Å². The number of aromatic nitrogens is 1. The first-order valence-electron chi connectivity index (χ1n) is 11.4. The number of Topliss-reactive ketones (excluding diaryl/α,β-unsaturated/α-hetero) is 1. The molecule has 1 amide bonds. The molecule has 0 bridgehead atoms. The molecule has 1 aromatic carbocycles. The summed E-state index contributed by atoms with van der Waals surface area (Å²) in [5.41, 5.74) is 8.92. The van der Waals surface area contributed by atoms with Gasteiger partial charge in [0, 0.05) is 52.5 Å². The molecule has 1 fully saturated rings. The van der Waals surface area contributed by atoms with E-state index < -0.39 is 29.2 Å². The van der Waals surface area contributed by atoms with Crippen LogP contribution < -0.4 is 5.73 Å². The van der Waals surface area contributed by atoms with Gasteiger partial charge in [-0.15, -0.1) is 0 Å². The van der Waals surface area contributed by atoms with Gasteiger partial charge in [-0.25, -0.2) is 13.6 Å². The van der Waals surface area contributed by atoms with Gasteiger partial charge in [0.15, 0.2) is 17.4 Å². The highest BCUT2D eigenvalue weighted by Crippen LogP contribution is 2.47. The number of rotatable bonds is 3. The predicted octanol–water partition coefficient (Wildman–Crippen LogP) is 4.72. The fourth-order valence-corrected chi connectivity index (χ4v) is 5.86. The third-order valence-electron chi connectivity index (χ3n) is 7.40. The lowest BCUT2D eigenvalue weighted by molar-refractivity contribution is -0.0171. The van der Waals surface area contributed by atoms with Crippen molar-refractivity contribution in [1.82, 2.24) is 9.47 Å². The highest BCUT2D eigenvalue weighted by atomic mass is 19.2. The van der Waals surface area contributed by atoms with Crippen molar-refractivity contribution < 1.29 is 18.4 Å². The summed E-state index contributed by atoms with van der Waals surface area (Å²) < 4.78 is 29.1. The average molecular weight is 452 g/mol. The minimum absolute atomic E-state index is 0.129. The van der Waals surface area contributed by atoms with Gasteiger partial charge in [-0.2, -0.15) is 0 Å². The van der Waals surface area contributed by atoms with Gasteiger partial charge in [0.2, 0.25) is 0 Å². The number of allylic oxidation sites excluding steroid dienone is 3. The Kier molecular flexibility index (Phi) is 5.12. The smallest absolute Gasteiger partial charge is 0.323 e. The summed E-state index contributed by atoms with van der Waals surface area (Å²) >= 11 is 0. The fraction of sp³-hybridized carbons (Fsp3) is 0.385. The van der Waals surface area contributed by atoms with Crippen LogP contribution in [0.5, 0.6) is 0 Å². The third-order valence-corrected chi connectivity index (χ3v) is 7.40. The summed E-state index contributed by atoms with van der Waals surface area (Å²) in [5.74, 6) is -2.31. The first-order chi connectivity index (χ1) is 15.7. The van der Waals surface area contributed by atoms with Crippen molar-refractivity contribution >= 4 is 17.9 Å². The van der Waals surface area contributed by atoms with Crippen LogP contribution in [0.2, 0.25) is 0 Å². The van der Waals surface area contributed by atoms with E-state index in [4.69, 9.17) is 5.73 Å². The Morgan fingerprint density at radius 1 is 1.09 bits per heavy atom. The summed E-state index contributed by atoms with van der Waals surface area (Å²) in [5, 5.41) is 0. The molecule has 7 heteroatoms. The molecule has 0 spiro atoms. The summed E-state index contributed by atoms with van der Waals surface area (Å²) in [6, 6.07) is 2.29. The number of ketones is 1. The number of carbonyl (C=O) groups is 2. The summed E-state index contributed by atoms with van der Waals surface area (Å²) in [6.45, 7) is 4.15. The fourth-order valence-electron chi connectivity index (χ4n) is 5.86. The number of hydrogen-bond donors (Lipinski definition) is 1. The van der Waals surface area contributed by atoms with Crippen molar-refractivity contribution in [2.75, 3.05) is 0 Å². The van der Waals surface area contributed by atoms with Gasteiger partial charge in [0.05, 0.1) is 6.04 Å².